The number of nitrogens with zero attached hydrogens (tertiary/aromatic N) is 1. The summed E-state index contributed by atoms with van der Waals surface area (Å²) in [5, 5.41) is 6.41. The van der Waals surface area contributed by atoms with Crippen molar-refractivity contribution in [2.75, 3.05) is 0 Å². The molecule has 0 unspecified atom stereocenters. The molecule has 1 atom stereocenters. The lowest BCUT2D eigenvalue weighted by molar-refractivity contribution is 0.415. The van der Waals surface area contributed by atoms with Crippen LogP contribution in [0.5, 0.6) is 0 Å². The Kier molecular flexibility index (Phi) is 3.88. The summed E-state index contributed by atoms with van der Waals surface area (Å²) in [6.45, 7) is 0. The molecule has 0 spiro atoms. The molecule has 2 N–H and O–H groups in total. The van der Waals surface area contributed by atoms with E-state index in [0.29, 0.717) is 25.0 Å². The summed E-state index contributed by atoms with van der Waals surface area (Å²) in [7, 11) is -4.81. The van der Waals surface area contributed by atoms with Gasteiger partial charge in [0.15, 0.2) is 28.2 Å². The first kappa shape index (κ1) is 15.9. The van der Waals surface area contributed by atoms with Crippen molar-refractivity contribution in [1.29, 1.82) is 0 Å². The normalized spacial score (nSPS) is 18.0. The van der Waals surface area contributed by atoms with Gasteiger partial charge in [0.2, 0.25) is 10.0 Å². The minimum absolute atomic E-state index is 0.0444. The summed E-state index contributed by atoms with van der Waals surface area (Å²) in [5.41, 5.74) is 1.24. The van der Waals surface area contributed by atoms with Crippen molar-refractivity contribution in [1.82, 2.24) is 14.9 Å². The standard InChI is InChI=1S/C13H11F4N3O2S/c14-7-4-8(15)11(17)13(10(7)16)23(21,22)20-9-3-1-2-6-5-18-19-12(6)9/h4-5,9,20H,1-3H2,(H,18,19)/t9-/m1/s1. The number of halogens is 4. The molecular formula is C13H11F4N3O2S. The molecule has 1 aliphatic rings. The third-order valence-corrected chi connectivity index (χ3v) is 5.17. The van der Waals surface area contributed by atoms with Crippen LogP contribution in [-0.4, -0.2) is 18.6 Å². The zero-order valence-corrected chi connectivity index (χ0v) is 12.4. The predicted molar refractivity (Wildman–Crippen MR) is 70.9 cm³/mol. The summed E-state index contributed by atoms with van der Waals surface area (Å²) in [6.07, 6.45) is 3.19. The van der Waals surface area contributed by atoms with Gasteiger partial charge in [0.1, 0.15) is 0 Å². The highest BCUT2D eigenvalue weighted by Crippen LogP contribution is 2.31. The van der Waals surface area contributed by atoms with Crippen LogP contribution in [0.15, 0.2) is 17.2 Å². The monoisotopic (exact) mass is 349 g/mol. The van der Waals surface area contributed by atoms with Gasteiger partial charge in [-0.3, -0.25) is 5.10 Å². The first-order chi connectivity index (χ1) is 10.8. The van der Waals surface area contributed by atoms with E-state index in [1.807, 2.05) is 0 Å². The highest BCUT2D eigenvalue weighted by atomic mass is 32.2. The number of sulfonamides is 1. The van der Waals surface area contributed by atoms with Gasteiger partial charge in [-0.25, -0.2) is 30.7 Å². The number of hydrogen-bond acceptors (Lipinski definition) is 3. The number of aromatic amines is 1. The van der Waals surface area contributed by atoms with Crippen molar-refractivity contribution in [3.63, 3.8) is 0 Å². The van der Waals surface area contributed by atoms with E-state index in [-0.39, 0.29) is 6.07 Å². The fourth-order valence-corrected chi connectivity index (χ4v) is 4.01. The van der Waals surface area contributed by atoms with Gasteiger partial charge >= 0.3 is 0 Å². The van der Waals surface area contributed by atoms with Gasteiger partial charge in [0.05, 0.1) is 17.9 Å². The molecule has 23 heavy (non-hydrogen) atoms. The van der Waals surface area contributed by atoms with Crippen LogP contribution in [0.25, 0.3) is 0 Å². The van der Waals surface area contributed by atoms with E-state index < -0.39 is 44.2 Å². The zero-order chi connectivity index (χ0) is 16.8. The molecule has 0 saturated heterocycles. The zero-order valence-electron chi connectivity index (χ0n) is 11.5. The number of aromatic nitrogens is 2. The van der Waals surface area contributed by atoms with Gasteiger partial charge in [0, 0.05) is 6.07 Å². The Balaban J connectivity index is 2.02. The predicted octanol–water partition coefficient (Wildman–Crippen LogP) is 2.32. The quantitative estimate of drug-likeness (QED) is 0.660. The fourth-order valence-electron chi connectivity index (χ4n) is 2.61. The van der Waals surface area contributed by atoms with Crippen molar-refractivity contribution in [3.8, 4) is 0 Å². The van der Waals surface area contributed by atoms with Crippen LogP contribution in [0.4, 0.5) is 17.6 Å². The van der Waals surface area contributed by atoms with E-state index in [1.165, 1.54) is 6.20 Å². The molecule has 0 fully saturated rings. The van der Waals surface area contributed by atoms with E-state index >= 15 is 0 Å². The number of nitrogens with one attached hydrogen (secondary N) is 2. The van der Waals surface area contributed by atoms with Gasteiger partial charge in [-0.05, 0) is 24.8 Å². The molecule has 1 aromatic heterocycles. The molecule has 0 aliphatic heterocycles. The third kappa shape index (κ3) is 2.72. The van der Waals surface area contributed by atoms with Crippen molar-refractivity contribution >= 4 is 10.0 Å². The van der Waals surface area contributed by atoms with Gasteiger partial charge in [-0.15, -0.1) is 0 Å². The molecule has 1 aromatic carbocycles. The number of rotatable bonds is 3. The summed E-state index contributed by atoms with van der Waals surface area (Å²) >= 11 is 0. The lowest BCUT2D eigenvalue weighted by Crippen LogP contribution is -2.32. The Morgan fingerprint density at radius 3 is 2.48 bits per heavy atom. The molecule has 0 bridgehead atoms. The lowest BCUT2D eigenvalue weighted by atomic mass is 9.94. The largest absolute Gasteiger partial charge is 0.281 e. The topological polar surface area (TPSA) is 74.8 Å². The Labute approximate surface area is 128 Å². The number of aryl methyl sites for hydroxylation is 1. The molecule has 0 amide bonds. The second-order valence-corrected chi connectivity index (χ2v) is 6.82. The summed E-state index contributed by atoms with van der Waals surface area (Å²) < 4.78 is 80.4. The lowest BCUT2D eigenvalue weighted by Gasteiger charge is -2.23. The molecule has 1 heterocycles. The van der Waals surface area contributed by atoms with Gasteiger partial charge < -0.3 is 0 Å². The highest BCUT2D eigenvalue weighted by Gasteiger charge is 2.33. The van der Waals surface area contributed by atoms with E-state index in [0.717, 1.165) is 5.56 Å². The molecule has 2 aromatic rings. The first-order valence-electron chi connectivity index (χ1n) is 6.68. The fraction of sp³-hybridized carbons (Fsp3) is 0.308. The first-order valence-corrected chi connectivity index (χ1v) is 8.17. The van der Waals surface area contributed by atoms with Gasteiger partial charge in [-0.1, -0.05) is 0 Å². The minimum Gasteiger partial charge on any atom is -0.281 e. The van der Waals surface area contributed by atoms with E-state index in [9.17, 15) is 26.0 Å². The van der Waals surface area contributed by atoms with Crippen molar-refractivity contribution in [2.24, 2.45) is 0 Å². The Bertz CT molecular complexity index is 840. The highest BCUT2D eigenvalue weighted by molar-refractivity contribution is 7.89. The summed E-state index contributed by atoms with van der Waals surface area (Å²) in [6, 6.07) is -0.853. The Hall–Kier alpha value is -1.94. The third-order valence-electron chi connectivity index (χ3n) is 3.68. The Morgan fingerprint density at radius 2 is 1.83 bits per heavy atom. The maximum absolute atomic E-state index is 13.7. The Morgan fingerprint density at radius 1 is 1.17 bits per heavy atom. The average molecular weight is 349 g/mol. The van der Waals surface area contributed by atoms with Crippen LogP contribution in [-0.2, 0) is 16.4 Å². The van der Waals surface area contributed by atoms with Crippen LogP contribution < -0.4 is 4.72 Å². The summed E-state index contributed by atoms with van der Waals surface area (Å²) in [5.74, 6) is -7.49. The molecule has 10 heteroatoms. The smallest absolute Gasteiger partial charge is 0.247 e. The molecule has 5 nitrogen and oxygen atoms in total. The number of fused-ring (bicyclic) bond motifs is 1. The molecule has 124 valence electrons. The molecule has 0 radical (unpaired) electrons. The van der Waals surface area contributed by atoms with E-state index in [2.05, 4.69) is 14.9 Å². The maximum Gasteiger partial charge on any atom is 0.247 e. The van der Waals surface area contributed by atoms with Crippen LogP contribution in [0.2, 0.25) is 0 Å². The number of hydrogen-bond donors (Lipinski definition) is 2. The van der Waals surface area contributed by atoms with Crippen molar-refractivity contribution in [3.05, 3.63) is 46.8 Å². The van der Waals surface area contributed by atoms with E-state index in [1.54, 1.807) is 0 Å². The van der Waals surface area contributed by atoms with Crippen molar-refractivity contribution < 1.29 is 26.0 Å². The molecular weight excluding hydrogens is 338 g/mol. The van der Waals surface area contributed by atoms with Crippen molar-refractivity contribution in [2.45, 2.75) is 30.2 Å². The molecule has 3 rings (SSSR count). The minimum atomic E-state index is -4.81. The van der Waals surface area contributed by atoms with Crippen LogP contribution in [0.3, 0.4) is 0 Å². The van der Waals surface area contributed by atoms with Crippen LogP contribution in [0.1, 0.15) is 30.1 Å². The van der Waals surface area contributed by atoms with Gasteiger partial charge in [0.25, 0.3) is 0 Å². The second kappa shape index (κ2) is 5.60. The molecule has 1 aliphatic carbocycles. The summed E-state index contributed by atoms with van der Waals surface area (Å²) in [4.78, 5) is -1.67. The number of H-pyrrole nitrogens is 1. The van der Waals surface area contributed by atoms with Gasteiger partial charge in [-0.2, -0.15) is 5.10 Å². The second-order valence-electron chi connectivity index (χ2n) is 5.17. The SMILES string of the molecule is O=S(=O)(N[C@@H]1CCCc2cn[nH]c21)c1c(F)c(F)cc(F)c1F. The maximum atomic E-state index is 13.7. The van der Waals surface area contributed by atoms with Crippen LogP contribution in [0, 0.1) is 23.3 Å². The van der Waals surface area contributed by atoms with Crippen LogP contribution >= 0.6 is 0 Å². The number of benzene rings is 1. The average Bonchev–Trinajstić information content (AvgIpc) is 2.94. The van der Waals surface area contributed by atoms with E-state index in [4.69, 9.17) is 0 Å². The molecule has 0 saturated carbocycles.